The second-order valence-electron chi connectivity index (χ2n) is 17.2. The molecular formula is C48H40B6N2O5. The number of aromatic nitrogens is 2. The number of hydrogen-bond acceptors (Lipinski definition) is 6. The van der Waals surface area contributed by atoms with Gasteiger partial charge in [-0.3, -0.25) is 4.57 Å². The Morgan fingerprint density at radius 2 is 1.00 bits per heavy atom. The molecule has 1 aliphatic carbocycles. The molecule has 1 aliphatic rings. The van der Waals surface area contributed by atoms with Crippen molar-refractivity contribution in [3.8, 4) is 62.0 Å². The van der Waals surface area contributed by atoms with Gasteiger partial charge in [0.25, 0.3) is 0 Å². The molecule has 1 heterocycles. The molecule has 0 spiro atoms. The first kappa shape index (κ1) is 38.8. The molecule has 5 N–H and O–H groups in total. The third-order valence-electron chi connectivity index (χ3n) is 13.3. The molecule has 7 nitrogen and oxygen atoms in total. The van der Waals surface area contributed by atoms with Crippen molar-refractivity contribution in [3.63, 3.8) is 0 Å². The summed E-state index contributed by atoms with van der Waals surface area (Å²) in [5.74, 6) is 0.891. The van der Waals surface area contributed by atoms with E-state index in [1.807, 2.05) is 101 Å². The van der Waals surface area contributed by atoms with Crippen molar-refractivity contribution in [2.75, 3.05) is 0 Å². The van der Waals surface area contributed by atoms with Gasteiger partial charge in [0.1, 0.15) is 62.2 Å². The molecule has 8 aromatic carbocycles. The topological polar surface area (TPSA) is 119 Å². The molecular weight excluding hydrogens is 749 g/mol. The van der Waals surface area contributed by atoms with Gasteiger partial charge in [-0.25, -0.2) is 4.98 Å². The minimum Gasteiger partial charge on any atom is -0.509 e. The van der Waals surface area contributed by atoms with Gasteiger partial charge < -0.3 is 25.5 Å². The Balaban J connectivity index is 1.17. The van der Waals surface area contributed by atoms with Crippen molar-refractivity contribution in [1.82, 2.24) is 9.55 Å². The van der Waals surface area contributed by atoms with Crippen LogP contribution in [0.15, 0.2) is 140 Å². The summed E-state index contributed by atoms with van der Waals surface area (Å²) < 4.78 is 1.94. The maximum atomic E-state index is 12.0. The summed E-state index contributed by atoms with van der Waals surface area (Å²) >= 11 is 0. The zero-order valence-electron chi connectivity index (χ0n) is 34.9. The fourth-order valence-corrected chi connectivity index (χ4v) is 10.5. The van der Waals surface area contributed by atoms with E-state index in [0.717, 1.165) is 71.5 Å². The van der Waals surface area contributed by atoms with Gasteiger partial charge in [-0.2, -0.15) is 0 Å². The maximum Gasteiger partial charge on any atom is 0.179 e. The van der Waals surface area contributed by atoms with Crippen molar-refractivity contribution >= 4 is 96.0 Å². The first-order valence-corrected chi connectivity index (χ1v) is 20.6. The summed E-state index contributed by atoms with van der Waals surface area (Å²) in [6.45, 7) is 0. The van der Waals surface area contributed by atoms with Gasteiger partial charge in [-0.1, -0.05) is 127 Å². The number of rotatable bonds is 6. The highest BCUT2D eigenvalue weighted by molar-refractivity contribution is 6.54. The van der Waals surface area contributed by atoms with E-state index < -0.39 is 16.5 Å². The first-order chi connectivity index (χ1) is 29.1. The summed E-state index contributed by atoms with van der Waals surface area (Å²) in [6, 6.07) is 46.8. The van der Waals surface area contributed by atoms with Crippen molar-refractivity contribution < 1.29 is 25.5 Å². The van der Waals surface area contributed by atoms with Crippen molar-refractivity contribution in [2.45, 2.75) is 16.5 Å². The second kappa shape index (κ2) is 13.6. The molecule has 0 radical (unpaired) electrons. The van der Waals surface area contributed by atoms with Crippen LogP contribution in [0.5, 0.6) is 11.5 Å². The van der Waals surface area contributed by atoms with E-state index in [2.05, 4.69) is 66.7 Å². The lowest BCUT2D eigenvalue weighted by Gasteiger charge is -2.50. The van der Waals surface area contributed by atoms with Gasteiger partial charge in [0.2, 0.25) is 0 Å². The molecule has 1 aromatic heterocycles. The average molecular weight is 790 g/mol. The molecule has 0 amide bonds. The smallest absolute Gasteiger partial charge is 0.179 e. The second-order valence-corrected chi connectivity index (χ2v) is 17.2. The van der Waals surface area contributed by atoms with E-state index in [0.29, 0.717) is 39.0 Å². The van der Waals surface area contributed by atoms with E-state index in [1.165, 1.54) is 7.85 Å². The summed E-state index contributed by atoms with van der Waals surface area (Å²) in [4.78, 5) is 5.07. The zero-order chi connectivity index (χ0) is 42.7. The summed E-state index contributed by atoms with van der Waals surface area (Å²) in [6.07, 6.45) is 0. The van der Waals surface area contributed by atoms with Crippen LogP contribution in [-0.2, 0) is 5.41 Å². The monoisotopic (exact) mass is 790 g/mol. The number of benzene rings is 8. The molecule has 1 atom stereocenters. The standard InChI is InChI=1S/C48H40B6N2O5/c49-39-40(50)44(58)42(41(51)43(39)57)56-36-16-8-7-15-35(36)55-45(56)25-19-17-24(18-20-25)37-29-10-1-3-12-31(29)38(32-13-4-2-11-30(32)37)26-21-22-28-27-9-5-6-14-33(27)46(34(28)23-26,47(52,53)59)48(54,60)61/h1-23,57-61H,49-54H2. The van der Waals surface area contributed by atoms with E-state index in [9.17, 15) is 25.5 Å². The minimum atomic E-state index is -2.31. The van der Waals surface area contributed by atoms with Crippen molar-refractivity contribution in [1.29, 1.82) is 0 Å². The molecule has 10 rings (SSSR count). The zero-order valence-corrected chi connectivity index (χ0v) is 34.9. The van der Waals surface area contributed by atoms with E-state index in [-0.39, 0.29) is 11.5 Å². The Morgan fingerprint density at radius 3 is 1.61 bits per heavy atom. The summed E-state index contributed by atoms with van der Waals surface area (Å²) in [5.41, 5.74) is 7.92. The van der Waals surface area contributed by atoms with Gasteiger partial charge >= 0.3 is 0 Å². The lowest BCUT2D eigenvalue weighted by molar-refractivity contribution is -0.155. The SMILES string of the molecule is Bc1c(B)c(O)c(-n2c(-c3ccc(-c4c5ccccc5c(-c5ccc6c(c5)C(C(B)(B)O)(C(B)(O)O)c5ccccc5-6)c5ccccc45)cc3)nc3ccccc32)c(B)c1O. The Kier molecular flexibility index (Phi) is 8.63. The first-order valence-electron chi connectivity index (χ1n) is 20.6. The molecule has 61 heavy (non-hydrogen) atoms. The van der Waals surface area contributed by atoms with Gasteiger partial charge in [0.15, 0.2) is 7.85 Å². The van der Waals surface area contributed by atoms with Crippen LogP contribution in [0.4, 0.5) is 0 Å². The molecule has 13 heteroatoms. The Labute approximate surface area is 358 Å². The van der Waals surface area contributed by atoms with Crippen LogP contribution in [0, 0.1) is 0 Å². The molecule has 290 valence electrons. The normalized spacial score (nSPS) is 15.1. The fourth-order valence-electron chi connectivity index (χ4n) is 10.5. The molecule has 0 bridgehead atoms. The molecule has 1 unspecified atom stereocenters. The number of hydrogen-bond donors (Lipinski definition) is 5. The minimum absolute atomic E-state index is 0.104. The van der Waals surface area contributed by atoms with Crippen molar-refractivity contribution in [2.24, 2.45) is 0 Å². The molecule has 0 aliphatic heterocycles. The van der Waals surface area contributed by atoms with Crippen LogP contribution in [0.2, 0.25) is 0 Å². The van der Waals surface area contributed by atoms with Crippen LogP contribution in [0.3, 0.4) is 0 Å². The Morgan fingerprint density at radius 1 is 0.508 bits per heavy atom. The van der Waals surface area contributed by atoms with E-state index >= 15 is 0 Å². The highest BCUT2D eigenvalue weighted by Crippen LogP contribution is 2.58. The average Bonchev–Trinajstić information content (AvgIpc) is 3.78. The quantitative estimate of drug-likeness (QED) is 0.0743. The lowest BCUT2D eigenvalue weighted by atomic mass is 9.42. The van der Waals surface area contributed by atoms with Crippen molar-refractivity contribution in [3.05, 3.63) is 151 Å². The molecule has 0 saturated carbocycles. The van der Waals surface area contributed by atoms with Crippen LogP contribution < -0.4 is 16.4 Å². The van der Waals surface area contributed by atoms with E-state index in [1.54, 1.807) is 15.7 Å². The molecule has 0 saturated heterocycles. The van der Waals surface area contributed by atoms with Crippen LogP contribution in [0.1, 0.15) is 11.1 Å². The van der Waals surface area contributed by atoms with Gasteiger partial charge in [-0.15, -0.1) is 0 Å². The maximum absolute atomic E-state index is 12.0. The lowest BCUT2D eigenvalue weighted by Crippen LogP contribution is -2.66. The Hall–Kier alpha value is -6.38. The predicted molar refractivity (Wildman–Crippen MR) is 264 cm³/mol. The van der Waals surface area contributed by atoms with E-state index in [4.69, 9.17) is 4.98 Å². The highest BCUT2D eigenvalue weighted by atomic mass is 16.5. The number of aliphatic hydroxyl groups is 3. The summed E-state index contributed by atoms with van der Waals surface area (Å²) in [5, 5.41) is 60.7. The largest absolute Gasteiger partial charge is 0.509 e. The number of fused-ring (bicyclic) bond motifs is 6. The van der Waals surface area contributed by atoms with Crippen LogP contribution in [0.25, 0.3) is 83.0 Å². The summed E-state index contributed by atoms with van der Waals surface area (Å²) in [7, 11) is 10.1. The van der Waals surface area contributed by atoms with Gasteiger partial charge in [0, 0.05) is 11.0 Å². The molecule has 9 aromatic rings. The molecule has 0 fully saturated rings. The van der Waals surface area contributed by atoms with Gasteiger partial charge in [0.05, 0.1) is 22.1 Å². The number of nitrogens with zero attached hydrogens (tertiary/aromatic N) is 2. The number of para-hydroxylation sites is 2. The van der Waals surface area contributed by atoms with Crippen LogP contribution >= 0.6 is 0 Å². The number of phenolic OH excluding ortho intramolecular Hbond substituents is 2. The number of aromatic hydroxyl groups is 2. The number of phenols is 2. The van der Waals surface area contributed by atoms with Gasteiger partial charge in [-0.05, 0) is 95.2 Å². The third-order valence-corrected chi connectivity index (χ3v) is 13.3. The predicted octanol–water partition coefficient (Wildman–Crippen LogP) is 0.970. The third kappa shape index (κ3) is 5.40. The Bertz CT molecular complexity index is 3200. The highest BCUT2D eigenvalue weighted by Gasteiger charge is 2.61. The van der Waals surface area contributed by atoms with Crippen LogP contribution in [-0.4, -0.2) is 93.2 Å². The fraction of sp³-hybridized carbons (Fsp3) is 0.0625. The number of imidazole rings is 1.